The molecule has 0 saturated carbocycles. The van der Waals surface area contributed by atoms with E-state index in [1.165, 1.54) is 5.56 Å². The molecule has 0 aliphatic carbocycles. The molecule has 3 rings (SSSR count). The Kier molecular flexibility index (Phi) is 4.93. The number of hydrogen-bond donors (Lipinski definition) is 0. The Hall–Kier alpha value is -1.20. The van der Waals surface area contributed by atoms with Crippen LogP contribution in [-0.4, -0.2) is 49.0 Å². The highest BCUT2D eigenvalue weighted by Gasteiger charge is 2.24. The molecule has 0 spiro atoms. The lowest BCUT2D eigenvalue weighted by atomic mass is 10.1. The first-order valence-electron chi connectivity index (χ1n) is 8.39. The van der Waals surface area contributed by atoms with E-state index in [4.69, 9.17) is 9.47 Å². The first kappa shape index (κ1) is 15.7. The maximum Gasteiger partial charge on any atom is 0.135 e. The van der Waals surface area contributed by atoms with E-state index in [9.17, 15) is 0 Å². The first-order valence-corrected chi connectivity index (χ1v) is 8.39. The van der Waals surface area contributed by atoms with E-state index < -0.39 is 0 Å². The smallest absolute Gasteiger partial charge is 0.135 e. The molecule has 2 aliphatic rings. The maximum absolute atomic E-state index is 6.09. The Morgan fingerprint density at radius 2 is 1.91 bits per heavy atom. The van der Waals surface area contributed by atoms with Crippen molar-refractivity contribution in [3.63, 3.8) is 0 Å². The zero-order valence-corrected chi connectivity index (χ0v) is 14.0. The number of aromatic nitrogens is 2. The van der Waals surface area contributed by atoms with Crippen LogP contribution in [0.5, 0.6) is 0 Å². The molecule has 2 fully saturated rings. The second-order valence-corrected chi connectivity index (χ2v) is 6.55. The fourth-order valence-electron chi connectivity index (χ4n) is 3.28. The average molecular weight is 305 g/mol. The van der Waals surface area contributed by atoms with Gasteiger partial charge in [0.05, 0.1) is 19.3 Å². The minimum atomic E-state index is 0.390. The fraction of sp³-hybridized carbons (Fsp3) is 0.765. The Balaban J connectivity index is 1.53. The van der Waals surface area contributed by atoms with Crippen LogP contribution in [0.3, 0.4) is 0 Å². The summed E-state index contributed by atoms with van der Waals surface area (Å²) in [4.78, 5) is 11.5. The monoisotopic (exact) mass is 305 g/mol. The van der Waals surface area contributed by atoms with Crippen molar-refractivity contribution in [3.8, 4) is 0 Å². The lowest BCUT2D eigenvalue weighted by Crippen LogP contribution is -2.38. The molecule has 3 heterocycles. The van der Waals surface area contributed by atoms with E-state index in [0.29, 0.717) is 12.0 Å². The third kappa shape index (κ3) is 3.58. The largest absolute Gasteiger partial charge is 0.381 e. The lowest BCUT2D eigenvalue weighted by molar-refractivity contribution is 0.0131. The molecule has 0 bridgehead atoms. The molecule has 5 nitrogen and oxygen atoms in total. The number of aryl methyl sites for hydroxylation is 2. The van der Waals surface area contributed by atoms with Crippen molar-refractivity contribution >= 4 is 5.82 Å². The van der Waals surface area contributed by atoms with Gasteiger partial charge in [0.15, 0.2) is 0 Å². The third-order valence-electron chi connectivity index (χ3n) is 4.81. The van der Waals surface area contributed by atoms with Crippen molar-refractivity contribution in [2.45, 2.75) is 46.1 Å². The quantitative estimate of drug-likeness (QED) is 0.855. The number of hydrogen-bond acceptors (Lipinski definition) is 5. The van der Waals surface area contributed by atoms with Gasteiger partial charge < -0.3 is 14.4 Å². The molecule has 1 unspecified atom stereocenters. The van der Waals surface area contributed by atoms with Gasteiger partial charge in [-0.2, -0.15) is 0 Å². The summed E-state index contributed by atoms with van der Waals surface area (Å²) in [6.45, 7) is 10.8. The fourth-order valence-corrected chi connectivity index (χ4v) is 3.28. The second-order valence-electron chi connectivity index (χ2n) is 6.55. The molecule has 2 saturated heterocycles. The predicted molar refractivity (Wildman–Crippen MR) is 86.4 cm³/mol. The zero-order valence-electron chi connectivity index (χ0n) is 14.0. The van der Waals surface area contributed by atoms with Crippen LogP contribution < -0.4 is 4.90 Å². The number of nitrogens with zero attached hydrogens (tertiary/aromatic N) is 3. The standard InChI is InChI=1S/C17H27N3O2/c1-12-13(2)18-14(3)19-17(12)20-7-4-16(5-8-20)22-11-15-6-9-21-10-15/h15-16H,4-11H2,1-3H3. The molecule has 22 heavy (non-hydrogen) atoms. The number of piperidine rings is 1. The summed E-state index contributed by atoms with van der Waals surface area (Å²) in [5, 5.41) is 0. The molecule has 1 aromatic rings. The zero-order chi connectivity index (χ0) is 15.5. The highest BCUT2D eigenvalue weighted by Crippen LogP contribution is 2.25. The highest BCUT2D eigenvalue weighted by atomic mass is 16.5. The minimum absolute atomic E-state index is 0.390. The van der Waals surface area contributed by atoms with Gasteiger partial charge in [-0.05, 0) is 40.0 Å². The maximum atomic E-state index is 6.09. The Labute approximate surface area is 133 Å². The summed E-state index contributed by atoms with van der Waals surface area (Å²) in [6, 6.07) is 0. The van der Waals surface area contributed by atoms with Gasteiger partial charge in [-0.3, -0.25) is 0 Å². The van der Waals surface area contributed by atoms with Crippen molar-refractivity contribution in [1.29, 1.82) is 0 Å². The van der Waals surface area contributed by atoms with E-state index in [1.807, 2.05) is 6.92 Å². The van der Waals surface area contributed by atoms with Gasteiger partial charge in [0.25, 0.3) is 0 Å². The van der Waals surface area contributed by atoms with Crippen molar-refractivity contribution in [2.75, 3.05) is 37.8 Å². The minimum Gasteiger partial charge on any atom is -0.381 e. The highest BCUT2D eigenvalue weighted by molar-refractivity contribution is 5.48. The van der Waals surface area contributed by atoms with Crippen molar-refractivity contribution in [1.82, 2.24) is 9.97 Å². The number of rotatable bonds is 4. The SMILES string of the molecule is Cc1nc(C)c(C)c(N2CCC(OCC3CCOC3)CC2)n1. The molecular formula is C17H27N3O2. The van der Waals surface area contributed by atoms with Crippen LogP contribution in [0, 0.1) is 26.7 Å². The van der Waals surface area contributed by atoms with Gasteiger partial charge in [-0.15, -0.1) is 0 Å². The summed E-state index contributed by atoms with van der Waals surface area (Å²) < 4.78 is 11.5. The average Bonchev–Trinajstić information content (AvgIpc) is 3.03. The Bertz CT molecular complexity index is 507. The van der Waals surface area contributed by atoms with Crippen molar-refractivity contribution in [3.05, 3.63) is 17.1 Å². The molecule has 0 N–H and O–H groups in total. The van der Waals surface area contributed by atoms with Crippen LogP contribution in [0.2, 0.25) is 0 Å². The summed E-state index contributed by atoms with van der Waals surface area (Å²) in [5.41, 5.74) is 2.29. The van der Waals surface area contributed by atoms with Gasteiger partial charge >= 0.3 is 0 Å². The van der Waals surface area contributed by atoms with Gasteiger partial charge in [0.2, 0.25) is 0 Å². The topological polar surface area (TPSA) is 47.5 Å². The normalized spacial score (nSPS) is 23.2. The van der Waals surface area contributed by atoms with Gasteiger partial charge in [-0.1, -0.05) is 0 Å². The van der Waals surface area contributed by atoms with E-state index in [-0.39, 0.29) is 0 Å². The van der Waals surface area contributed by atoms with E-state index in [1.54, 1.807) is 0 Å². The number of ether oxygens (including phenoxy) is 2. The van der Waals surface area contributed by atoms with E-state index >= 15 is 0 Å². The van der Waals surface area contributed by atoms with Crippen LogP contribution in [0.25, 0.3) is 0 Å². The van der Waals surface area contributed by atoms with Crippen LogP contribution >= 0.6 is 0 Å². The molecular weight excluding hydrogens is 278 g/mol. The van der Waals surface area contributed by atoms with Gasteiger partial charge in [0.1, 0.15) is 11.6 Å². The molecule has 0 radical (unpaired) electrons. The molecule has 0 amide bonds. The second kappa shape index (κ2) is 6.92. The molecule has 0 aromatic carbocycles. The van der Waals surface area contributed by atoms with Gasteiger partial charge in [-0.25, -0.2) is 9.97 Å². The van der Waals surface area contributed by atoms with Crippen LogP contribution in [0.1, 0.15) is 36.3 Å². The van der Waals surface area contributed by atoms with E-state index in [0.717, 1.165) is 69.5 Å². The van der Waals surface area contributed by atoms with Crippen LogP contribution in [-0.2, 0) is 9.47 Å². The van der Waals surface area contributed by atoms with Gasteiger partial charge in [0, 0.05) is 36.9 Å². The molecule has 2 aliphatic heterocycles. The van der Waals surface area contributed by atoms with Crippen molar-refractivity contribution in [2.24, 2.45) is 5.92 Å². The molecule has 122 valence electrons. The molecule has 1 aromatic heterocycles. The molecule has 5 heteroatoms. The predicted octanol–water partition coefficient (Wildman–Crippen LogP) is 2.42. The summed E-state index contributed by atoms with van der Waals surface area (Å²) in [5.74, 6) is 2.57. The number of anilines is 1. The van der Waals surface area contributed by atoms with Crippen LogP contribution in [0.15, 0.2) is 0 Å². The van der Waals surface area contributed by atoms with E-state index in [2.05, 4.69) is 28.7 Å². The Morgan fingerprint density at radius 3 is 2.59 bits per heavy atom. The Morgan fingerprint density at radius 1 is 1.14 bits per heavy atom. The third-order valence-corrected chi connectivity index (χ3v) is 4.81. The summed E-state index contributed by atoms with van der Waals surface area (Å²) in [6.07, 6.45) is 3.70. The first-order chi connectivity index (χ1) is 10.6. The van der Waals surface area contributed by atoms with Crippen molar-refractivity contribution < 1.29 is 9.47 Å². The summed E-state index contributed by atoms with van der Waals surface area (Å²) in [7, 11) is 0. The summed E-state index contributed by atoms with van der Waals surface area (Å²) >= 11 is 0. The van der Waals surface area contributed by atoms with Crippen LogP contribution in [0.4, 0.5) is 5.82 Å². The lowest BCUT2D eigenvalue weighted by Gasteiger charge is -2.34. The molecule has 1 atom stereocenters.